The molecule has 7 heteroatoms. The Labute approximate surface area is 154 Å². The Morgan fingerprint density at radius 1 is 1.15 bits per heavy atom. The average Bonchev–Trinajstić information content (AvgIpc) is 3.07. The lowest BCUT2D eigenvalue weighted by Gasteiger charge is -2.31. The van der Waals surface area contributed by atoms with Gasteiger partial charge in [0.2, 0.25) is 0 Å². The van der Waals surface area contributed by atoms with E-state index in [9.17, 15) is 4.79 Å². The van der Waals surface area contributed by atoms with Crippen LogP contribution < -0.4 is 20.1 Å². The lowest BCUT2D eigenvalue weighted by atomic mass is 9.94. The number of nitrogens with one attached hydrogen (secondary N) is 2. The van der Waals surface area contributed by atoms with E-state index in [-0.39, 0.29) is 12.1 Å². The SMILES string of the molecule is COc1ccc(CNC(=O)NC[C@H]2COC3(CCCCC3)O2)cc1OC. The minimum atomic E-state index is -0.402. The summed E-state index contributed by atoms with van der Waals surface area (Å²) < 4.78 is 22.4. The molecule has 1 atom stereocenters. The van der Waals surface area contributed by atoms with Crippen molar-refractivity contribution in [1.82, 2.24) is 10.6 Å². The normalized spacial score (nSPS) is 21.4. The number of hydrogen-bond acceptors (Lipinski definition) is 5. The fourth-order valence-corrected chi connectivity index (χ4v) is 3.51. The van der Waals surface area contributed by atoms with Gasteiger partial charge in [-0.15, -0.1) is 0 Å². The number of urea groups is 1. The maximum atomic E-state index is 12.0. The Kier molecular flexibility index (Phi) is 6.21. The van der Waals surface area contributed by atoms with Crippen molar-refractivity contribution in [3.8, 4) is 11.5 Å². The maximum Gasteiger partial charge on any atom is 0.315 e. The van der Waals surface area contributed by atoms with Crippen molar-refractivity contribution < 1.29 is 23.7 Å². The number of carbonyl (C=O) groups is 1. The van der Waals surface area contributed by atoms with Gasteiger partial charge in [-0.1, -0.05) is 12.5 Å². The van der Waals surface area contributed by atoms with Crippen LogP contribution in [0.25, 0.3) is 0 Å². The van der Waals surface area contributed by atoms with E-state index in [4.69, 9.17) is 18.9 Å². The number of ether oxygens (including phenoxy) is 4. The molecule has 1 saturated heterocycles. The third-order valence-corrected chi connectivity index (χ3v) is 4.92. The smallest absolute Gasteiger partial charge is 0.315 e. The van der Waals surface area contributed by atoms with E-state index >= 15 is 0 Å². The summed E-state index contributed by atoms with van der Waals surface area (Å²) in [6.07, 6.45) is 5.36. The molecule has 144 valence electrons. The first-order valence-electron chi connectivity index (χ1n) is 9.18. The van der Waals surface area contributed by atoms with Crippen molar-refractivity contribution in [1.29, 1.82) is 0 Å². The minimum absolute atomic E-state index is 0.0834. The molecule has 1 aliphatic carbocycles. The van der Waals surface area contributed by atoms with E-state index in [1.807, 2.05) is 18.2 Å². The first kappa shape index (κ1) is 18.8. The summed E-state index contributed by atoms with van der Waals surface area (Å²) in [5.74, 6) is 0.901. The summed E-state index contributed by atoms with van der Waals surface area (Å²) in [7, 11) is 3.18. The van der Waals surface area contributed by atoms with E-state index in [0.29, 0.717) is 31.2 Å². The number of methoxy groups -OCH3 is 2. The molecular weight excluding hydrogens is 336 g/mol. The van der Waals surface area contributed by atoms with Gasteiger partial charge in [0.25, 0.3) is 0 Å². The molecule has 1 aromatic rings. The molecule has 1 heterocycles. The van der Waals surface area contributed by atoms with Crippen LogP contribution in [-0.2, 0) is 16.0 Å². The molecule has 0 aromatic heterocycles. The van der Waals surface area contributed by atoms with Gasteiger partial charge >= 0.3 is 6.03 Å². The van der Waals surface area contributed by atoms with Gasteiger partial charge in [-0.05, 0) is 30.5 Å². The molecule has 0 unspecified atom stereocenters. The van der Waals surface area contributed by atoms with Crippen LogP contribution in [0, 0.1) is 0 Å². The number of benzene rings is 1. The summed E-state index contributed by atoms with van der Waals surface area (Å²) in [4.78, 5) is 12.0. The van der Waals surface area contributed by atoms with Crippen molar-refractivity contribution in [3.05, 3.63) is 23.8 Å². The molecule has 0 bridgehead atoms. The number of amides is 2. The van der Waals surface area contributed by atoms with Crippen LogP contribution in [0.1, 0.15) is 37.7 Å². The topological polar surface area (TPSA) is 78.1 Å². The molecule has 0 radical (unpaired) electrons. The molecule has 1 aromatic carbocycles. The maximum absolute atomic E-state index is 12.0. The predicted molar refractivity (Wildman–Crippen MR) is 96.4 cm³/mol. The highest BCUT2D eigenvalue weighted by Crippen LogP contribution is 2.37. The van der Waals surface area contributed by atoms with Crippen molar-refractivity contribution in [2.24, 2.45) is 0 Å². The third-order valence-electron chi connectivity index (χ3n) is 4.92. The summed E-state index contributed by atoms with van der Waals surface area (Å²) in [6.45, 7) is 1.38. The van der Waals surface area contributed by atoms with Gasteiger partial charge in [0.1, 0.15) is 6.10 Å². The van der Waals surface area contributed by atoms with E-state index in [2.05, 4.69) is 10.6 Å². The molecule has 3 rings (SSSR count). The van der Waals surface area contributed by atoms with Crippen LogP contribution in [-0.4, -0.2) is 45.3 Å². The van der Waals surface area contributed by atoms with Crippen LogP contribution in [0.3, 0.4) is 0 Å². The summed E-state index contributed by atoms with van der Waals surface area (Å²) in [5, 5.41) is 5.70. The fourth-order valence-electron chi connectivity index (χ4n) is 3.51. The molecule has 26 heavy (non-hydrogen) atoms. The highest BCUT2D eigenvalue weighted by molar-refractivity contribution is 5.73. The Balaban J connectivity index is 1.41. The predicted octanol–water partition coefficient (Wildman–Crippen LogP) is 2.58. The molecule has 7 nitrogen and oxygen atoms in total. The summed E-state index contributed by atoms with van der Waals surface area (Å²) in [6, 6.07) is 5.33. The quantitative estimate of drug-likeness (QED) is 0.811. The Morgan fingerprint density at radius 3 is 2.65 bits per heavy atom. The largest absolute Gasteiger partial charge is 0.493 e. The van der Waals surface area contributed by atoms with E-state index in [0.717, 1.165) is 31.2 Å². The second-order valence-corrected chi connectivity index (χ2v) is 6.78. The lowest BCUT2D eigenvalue weighted by molar-refractivity contribution is -0.186. The molecule has 2 N–H and O–H groups in total. The molecule has 2 amide bonds. The van der Waals surface area contributed by atoms with Crippen LogP contribution in [0.4, 0.5) is 4.79 Å². The van der Waals surface area contributed by atoms with E-state index in [1.54, 1.807) is 14.2 Å². The zero-order valence-electron chi connectivity index (χ0n) is 15.5. The zero-order chi connectivity index (χ0) is 18.4. The van der Waals surface area contributed by atoms with Crippen LogP contribution in [0.5, 0.6) is 11.5 Å². The summed E-state index contributed by atoms with van der Waals surface area (Å²) in [5.41, 5.74) is 0.930. The standard InChI is InChI=1S/C19H28N2O5/c1-23-16-7-6-14(10-17(16)24-2)11-20-18(22)21-12-15-13-25-19(26-15)8-4-3-5-9-19/h6-7,10,15H,3-5,8-9,11-13H2,1-2H3,(H2,20,21,22)/t15-/m0/s1. The molecule has 2 aliphatic rings. The van der Waals surface area contributed by atoms with Crippen molar-refractivity contribution in [2.75, 3.05) is 27.4 Å². The van der Waals surface area contributed by atoms with Crippen LogP contribution in [0.2, 0.25) is 0 Å². The lowest BCUT2D eigenvalue weighted by Crippen LogP contribution is -2.41. The number of hydrogen-bond donors (Lipinski definition) is 2. The van der Waals surface area contributed by atoms with Crippen LogP contribution in [0.15, 0.2) is 18.2 Å². The number of rotatable bonds is 6. The Bertz CT molecular complexity index is 616. The van der Waals surface area contributed by atoms with Gasteiger partial charge in [-0.25, -0.2) is 4.79 Å². The Morgan fingerprint density at radius 2 is 1.92 bits per heavy atom. The third kappa shape index (κ3) is 4.59. The second kappa shape index (κ2) is 8.60. The van der Waals surface area contributed by atoms with Crippen LogP contribution >= 0.6 is 0 Å². The molecule has 1 aliphatic heterocycles. The summed E-state index contributed by atoms with van der Waals surface area (Å²) >= 11 is 0. The molecule has 2 fully saturated rings. The highest BCUT2D eigenvalue weighted by Gasteiger charge is 2.42. The van der Waals surface area contributed by atoms with Crippen molar-refractivity contribution in [3.63, 3.8) is 0 Å². The van der Waals surface area contributed by atoms with Gasteiger partial charge in [0.05, 0.1) is 20.8 Å². The molecular formula is C19H28N2O5. The highest BCUT2D eigenvalue weighted by atomic mass is 16.7. The molecule has 1 saturated carbocycles. The monoisotopic (exact) mass is 364 g/mol. The minimum Gasteiger partial charge on any atom is -0.493 e. The van der Waals surface area contributed by atoms with Crippen molar-refractivity contribution >= 4 is 6.03 Å². The number of carbonyl (C=O) groups excluding carboxylic acids is 1. The first-order chi connectivity index (χ1) is 12.6. The van der Waals surface area contributed by atoms with Gasteiger partial charge in [-0.3, -0.25) is 0 Å². The van der Waals surface area contributed by atoms with Gasteiger partial charge in [0.15, 0.2) is 17.3 Å². The first-order valence-corrected chi connectivity index (χ1v) is 9.18. The van der Waals surface area contributed by atoms with E-state index < -0.39 is 5.79 Å². The van der Waals surface area contributed by atoms with E-state index in [1.165, 1.54) is 6.42 Å². The Hall–Kier alpha value is -1.99. The second-order valence-electron chi connectivity index (χ2n) is 6.78. The van der Waals surface area contributed by atoms with Crippen molar-refractivity contribution in [2.45, 2.75) is 50.5 Å². The van der Waals surface area contributed by atoms with Gasteiger partial charge in [0, 0.05) is 25.9 Å². The fraction of sp³-hybridized carbons (Fsp3) is 0.632. The zero-order valence-corrected chi connectivity index (χ0v) is 15.5. The molecule has 1 spiro atoms. The van der Waals surface area contributed by atoms with Gasteiger partial charge < -0.3 is 29.6 Å². The average molecular weight is 364 g/mol. The van der Waals surface area contributed by atoms with Gasteiger partial charge in [-0.2, -0.15) is 0 Å².